The van der Waals surface area contributed by atoms with Gasteiger partial charge >= 0.3 is 0 Å². The normalized spacial score (nSPS) is 27.2. The van der Waals surface area contributed by atoms with E-state index in [9.17, 15) is 5.11 Å². The molecule has 1 aliphatic rings. The molecule has 1 aliphatic carbocycles. The summed E-state index contributed by atoms with van der Waals surface area (Å²) < 4.78 is 5.45. The van der Waals surface area contributed by atoms with Gasteiger partial charge in [0.05, 0.1) is 12.2 Å². The highest BCUT2D eigenvalue weighted by Crippen LogP contribution is 2.41. The molecule has 0 saturated heterocycles. The number of benzene rings is 1. The van der Waals surface area contributed by atoms with Crippen molar-refractivity contribution in [2.24, 2.45) is 5.92 Å². The van der Waals surface area contributed by atoms with Crippen LogP contribution in [-0.2, 0) is 5.60 Å². The highest BCUT2D eigenvalue weighted by molar-refractivity contribution is 5.31. The fraction of sp³-hybridized carbons (Fsp3) is 0.647. The second-order valence-corrected chi connectivity index (χ2v) is 5.72. The van der Waals surface area contributed by atoms with Crippen molar-refractivity contribution in [1.29, 1.82) is 0 Å². The standard InChI is InChI=1S/C17H26O2/c1-3-5-14-10-12-17(18,13-11-14)15-6-8-16(9-7-15)19-4-2/h6-9,14,18H,3-5,10-13H2,1-2H3. The molecule has 0 aromatic heterocycles. The van der Waals surface area contributed by atoms with Gasteiger partial charge in [-0.1, -0.05) is 31.9 Å². The molecular formula is C17H26O2. The van der Waals surface area contributed by atoms with Crippen molar-refractivity contribution >= 4 is 0 Å². The first-order valence-corrected chi connectivity index (χ1v) is 7.63. The first kappa shape index (κ1) is 14.4. The summed E-state index contributed by atoms with van der Waals surface area (Å²) in [4.78, 5) is 0. The van der Waals surface area contributed by atoms with Crippen LogP contribution in [0.25, 0.3) is 0 Å². The summed E-state index contributed by atoms with van der Waals surface area (Å²) in [7, 11) is 0. The third kappa shape index (κ3) is 3.50. The maximum Gasteiger partial charge on any atom is 0.119 e. The Hall–Kier alpha value is -1.02. The summed E-state index contributed by atoms with van der Waals surface area (Å²) in [5.41, 5.74) is 0.431. The van der Waals surface area contributed by atoms with Gasteiger partial charge in [0.1, 0.15) is 5.75 Å². The quantitative estimate of drug-likeness (QED) is 0.859. The third-order valence-electron chi connectivity index (χ3n) is 4.33. The molecule has 0 aliphatic heterocycles. The van der Waals surface area contributed by atoms with Crippen molar-refractivity contribution in [2.75, 3.05) is 6.61 Å². The maximum absolute atomic E-state index is 10.8. The van der Waals surface area contributed by atoms with Gasteiger partial charge in [0, 0.05) is 0 Å². The van der Waals surface area contributed by atoms with Crippen LogP contribution in [0, 0.1) is 5.92 Å². The van der Waals surface area contributed by atoms with Crippen LogP contribution < -0.4 is 4.74 Å². The zero-order valence-corrected chi connectivity index (χ0v) is 12.2. The zero-order valence-electron chi connectivity index (χ0n) is 12.2. The van der Waals surface area contributed by atoms with Crippen molar-refractivity contribution in [3.63, 3.8) is 0 Å². The minimum Gasteiger partial charge on any atom is -0.494 e. The molecule has 1 aromatic carbocycles. The van der Waals surface area contributed by atoms with Crippen LogP contribution in [0.15, 0.2) is 24.3 Å². The van der Waals surface area contributed by atoms with Gasteiger partial charge in [0.2, 0.25) is 0 Å². The average Bonchev–Trinajstić information content (AvgIpc) is 2.43. The summed E-state index contributed by atoms with van der Waals surface area (Å²) in [6.45, 7) is 4.91. The largest absolute Gasteiger partial charge is 0.494 e. The summed E-state index contributed by atoms with van der Waals surface area (Å²) in [5.74, 6) is 1.70. The second-order valence-electron chi connectivity index (χ2n) is 5.72. The minimum atomic E-state index is -0.616. The highest BCUT2D eigenvalue weighted by Gasteiger charge is 2.34. The molecule has 0 unspecified atom stereocenters. The van der Waals surface area contributed by atoms with Gasteiger partial charge in [-0.25, -0.2) is 0 Å². The Kier molecular flexibility index (Phi) is 4.87. The summed E-state index contributed by atoms with van der Waals surface area (Å²) in [5, 5.41) is 10.8. The van der Waals surface area contributed by atoms with Crippen molar-refractivity contribution in [3.8, 4) is 5.75 Å². The molecule has 0 bridgehead atoms. The topological polar surface area (TPSA) is 29.5 Å². The Morgan fingerprint density at radius 1 is 1.16 bits per heavy atom. The van der Waals surface area contributed by atoms with E-state index in [1.165, 1.54) is 12.8 Å². The Balaban J connectivity index is 2.00. The number of hydrogen-bond donors (Lipinski definition) is 1. The van der Waals surface area contributed by atoms with E-state index in [4.69, 9.17) is 4.74 Å². The highest BCUT2D eigenvalue weighted by atomic mass is 16.5. The summed E-state index contributed by atoms with van der Waals surface area (Å²) >= 11 is 0. The lowest BCUT2D eigenvalue weighted by Crippen LogP contribution is -2.31. The van der Waals surface area contributed by atoms with Gasteiger partial charge in [-0.3, -0.25) is 0 Å². The van der Waals surface area contributed by atoms with Crippen molar-refractivity contribution in [1.82, 2.24) is 0 Å². The van der Waals surface area contributed by atoms with Crippen LogP contribution >= 0.6 is 0 Å². The van der Waals surface area contributed by atoms with Gasteiger partial charge in [-0.2, -0.15) is 0 Å². The molecule has 2 rings (SSSR count). The number of hydrogen-bond acceptors (Lipinski definition) is 2. The minimum absolute atomic E-state index is 0.616. The van der Waals surface area contributed by atoms with Gasteiger partial charge < -0.3 is 9.84 Å². The van der Waals surface area contributed by atoms with E-state index < -0.39 is 5.60 Å². The van der Waals surface area contributed by atoms with Gasteiger partial charge in [-0.05, 0) is 56.2 Å². The van der Waals surface area contributed by atoms with Crippen molar-refractivity contribution in [2.45, 2.75) is 58.0 Å². The zero-order chi connectivity index (χ0) is 13.7. The second kappa shape index (κ2) is 6.42. The maximum atomic E-state index is 10.8. The van der Waals surface area contributed by atoms with E-state index >= 15 is 0 Å². The average molecular weight is 262 g/mol. The summed E-state index contributed by atoms with van der Waals surface area (Å²) in [6, 6.07) is 7.97. The van der Waals surface area contributed by atoms with Crippen molar-refractivity contribution in [3.05, 3.63) is 29.8 Å². The molecule has 0 spiro atoms. The fourth-order valence-electron chi connectivity index (χ4n) is 3.17. The van der Waals surface area contributed by atoms with Crippen LogP contribution in [0.3, 0.4) is 0 Å². The lowest BCUT2D eigenvalue weighted by Gasteiger charge is -2.36. The molecular weight excluding hydrogens is 236 g/mol. The van der Waals surface area contributed by atoms with Gasteiger partial charge in [0.15, 0.2) is 0 Å². The van der Waals surface area contributed by atoms with E-state index in [1.807, 2.05) is 31.2 Å². The van der Waals surface area contributed by atoms with E-state index in [2.05, 4.69) is 6.92 Å². The van der Waals surface area contributed by atoms with Crippen LogP contribution in [0.1, 0.15) is 57.9 Å². The first-order valence-electron chi connectivity index (χ1n) is 7.63. The lowest BCUT2D eigenvalue weighted by atomic mass is 9.74. The predicted octanol–water partition coefficient (Wildman–Crippen LogP) is 4.26. The van der Waals surface area contributed by atoms with E-state index in [1.54, 1.807) is 0 Å². The van der Waals surface area contributed by atoms with Crippen LogP contribution in [-0.4, -0.2) is 11.7 Å². The predicted molar refractivity (Wildman–Crippen MR) is 78.4 cm³/mol. The Bertz CT molecular complexity index is 375. The molecule has 1 fully saturated rings. The monoisotopic (exact) mass is 262 g/mol. The Morgan fingerprint density at radius 3 is 2.32 bits per heavy atom. The lowest BCUT2D eigenvalue weighted by molar-refractivity contribution is -0.0152. The van der Waals surface area contributed by atoms with Crippen molar-refractivity contribution < 1.29 is 9.84 Å². The Labute approximate surface area is 116 Å². The molecule has 0 radical (unpaired) electrons. The Morgan fingerprint density at radius 2 is 1.79 bits per heavy atom. The summed E-state index contributed by atoms with van der Waals surface area (Å²) in [6.07, 6.45) is 6.65. The third-order valence-corrected chi connectivity index (χ3v) is 4.33. The fourth-order valence-corrected chi connectivity index (χ4v) is 3.17. The molecule has 2 nitrogen and oxygen atoms in total. The molecule has 0 heterocycles. The van der Waals surface area contributed by atoms with Crippen LogP contribution in [0.4, 0.5) is 0 Å². The molecule has 1 saturated carbocycles. The van der Waals surface area contributed by atoms with Crippen LogP contribution in [0.5, 0.6) is 5.75 Å². The molecule has 1 aromatic rings. The van der Waals surface area contributed by atoms with Gasteiger partial charge in [-0.15, -0.1) is 0 Å². The first-order chi connectivity index (χ1) is 9.18. The molecule has 0 atom stereocenters. The molecule has 106 valence electrons. The SMILES string of the molecule is CCCC1CCC(O)(c2ccc(OCC)cc2)CC1. The number of ether oxygens (including phenoxy) is 1. The molecule has 19 heavy (non-hydrogen) atoms. The number of rotatable bonds is 5. The molecule has 0 amide bonds. The smallest absolute Gasteiger partial charge is 0.119 e. The number of aliphatic hydroxyl groups is 1. The molecule has 1 N–H and O–H groups in total. The van der Waals surface area contributed by atoms with E-state index in [0.29, 0.717) is 6.61 Å². The van der Waals surface area contributed by atoms with E-state index in [-0.39, 0.29) is 0 Å². The van der Waals surface area contributed by atoms with Crippen LogP contribution in [0.2, 0.25) is 0 Å². The van der Waals surface area contributed by atoms with E-state index in [0.717, 1.165) is 42.9 Å². The van der Waals surface area contributed by atoms with Gasteiger partial charge in [0.25, 0.3) is 0 Å². The molecule has 2 heteroatoms.